The van der Waals surface area contributed by atoms with Crippen molar-refractivity contribution in [3.63, 3.8) is 0 Å². The number of hydrogen-bond acceptors (Lipinski definition) is 2. The van der Waals surface area contributed by atoms with Crippen molar-refractivity contribution in [1.82, 2.24) is 15.1 Å². The standard InChI is InChI=1S/C17H24FN3/c1-5-8-21-11-16(13(4)20-21)15-9-14(6-7-17(15)18)10-19-12(2)3/h6-7,9,11-12,19H,5,8,10H2,1-4H3. The highest BCUT2D eigenvalue weighted by Gasteiger charge is 2.12. The van der Waals surface area contributed by atoms with Crippen molar-refractivity contribution >= 4 is 0 Å². The Bertz CT molecular complexity index is 602. The number of aryl methyl sites for hydroxylation is 2. The minimum atomic E-state index is -0.192. The molecule has 0 unspecified atom stereocenters. The molecule has 114 valence electrons. The predicted octanol–water partition coefficient (Wildman–Crippen LogP) is 3.91. The minimum absolute atomic E-state index is 0.192. The molecule has 0 atom stereocenters. The van der Waals surface area contributed by atoms with E-state index >= 15 is 0 Å². The van der Waals surface area contributed by atoms with Gasteiger partial charge in [0.15, 0.2) is 0 Å². The van der Waals surface area contributed by atoms with Crippen LogP contribution in [0, 0.1) is 12.7 Å². The Morgan fingerprint density at radius 3 is 2.71 bits per heavy atom. The number of hydrogen-bond donors (Lipinski definition) is 1. The molecule has 0 radical (unpaired) electrons. The zero-order valence-corrected chi connectivity index (χ0v) is 13.3. The molecule has 3 nitrogen and oxygen atoms in total. The first kappa shape index (κ1) is 15.7. The Morgan fingerprint density at radius 2 is 2.05 bits per heavy atom. The second-order valence-corrected chi connectivity index (χ2v) is 5.74. The molecule has 0 spiro atoms. The smallest absolute Gasteiger partial charge is 0.131 e. The molecule has 1 aromatic carbocycles. The van der Waals surface area contributed by atoms with Crippen molar-refractivity contribution in [3.8, 4) is 11.1 Å². The molecule has 0 amide bonds. The van der Waals surface area contributed by atoms with Gasteiger partial charge < -0.3 is 5.32 Å². The summed E-state index contributed by atoms with van der Waals surface area (Å²) in [6.07, 6.45) is 2.96. The van der Waals surface area contributed by atoms with E-state index in [0.29, 0.717) is 11.6 Å². The lowest BCUT2D eigenvalue weighted by Gasteiger charge is -2.10. The van der Waals surface area contributed by atoms with Crippen LogP contribution in [0.2, 0.25) is 0 Å². The molecular weight excluding hydrogens is 265 g/mol. The lowest BCUT2D eigenvalue weighted by atomic mass is 10.0. The molecule has 0 aliphatic rings. The topological polar surface area (TPSA) is 29.9 Å². The third-order valence-corrected chi connectivity index (χ3v) is 3.43. The molecule has 0 aliphatic heterocycles. The Morgan fingerprint density at radius 1 is 1.29 bits per heavy atom. The van der Waals surface area contributed by atoms with Gasteiger partial charge in [0.1, 0.15) is 5.82 Å². The first-order valence-corrected chi connectivity index (χ1v) is 7.57. The first-order valence-electron chi connectivity index (χ1n) is 7.57. The number of benzene rings is 1. The van der Waals surface area contributed by atoms with Gasteiger partial charge >= 0.3 is 0 Å². The number of halogens is 1. The number of rotatable bonds is 6. The maximum atomic E-state index is 14.2. The second-order valence-electron chi connectivity index (χ2n) is 5.74. The first-order chi connectivity index (χ1) is 10.0. The van der Waals surface area contributed by atoms with Crippen LogP contribution in [-0.4, -0.2) is 15.8 Å². The van der Waals surface area contributed by atoms with E-state index in [-0.39, 0.29) is 5.82 Å². The third kappa shape index (κ3) is 3.91. The maximum Gasteiger partial charge on any atom is 0.131 e. The largest absolute Gasteiger partial charge is 0.310 e. The van der Waals surface area contributed by atoms with E-state index in [1.807, 2.05) is 29.9 Å². The normalized spacial score (nSPS) is 11.3. The van der Waals surface area contributed by atoms with Crippen molar-refractivity contribution in [3.05, 3.63) is 41.5 Å². The molecule has 1 heterocycles. The molecule has 2 aromatic rings. The van der Waals surface area contributed by atoms with Gasteiger partial charge in [-0.05, 0) is 31.0 Å². The van der Waals surface area contributed by atoms with Crippen LogP contribution in [0.25, 0.3) is 11.1 Å². The lowest BCUT2D eigenvalue weighted by Crippen LogP contribution is -2.21. The van der Waals surface area contributed by atoms with E-state index in [1.54, 1.807) is 6.07 Å². The summed E-state index contributed by atoms with van der Waals surface area (Å²) >= 11 is 0. The summed E-state index contributed by atoms with van der Waals surface area (Å²) in [7, 11) is 0. The van der Waals surface area contributed by atoms with Gasteiger partial charge in [-0.2, -0.15) is 5.10 Å². The van der Waals surface area contributed by atoms with Crippen molar-refractivity contribution in [2.45, 2.75) is 53.2 Å². The SMILES string of the molecule is CCCn1cc(-c2cc(CNC(C)C)ccc2F)c(C)n1. The molecular formula is C17H24FN3. The van der Waals surface area contributed by atoms with E-state index in [9.17, 15) is 4.39 Å². The average Bonchev–Trinajstić information content (AvgIpc) is 2.79. The van der Waals surface area contributed by atoms with E-state index in [0.717, 1.165) is 36.3 Å². The average molecular weight is 289 g/mol. The van der Waals surface area contributed by atoms with Crippen molar-refractivity contribution in [2.24, 2.45) is 0 Å². The fourth-order valence-electron chi connectivity index (χ4n) is 2.34. The molecule has 0 bridgehead atoms. The number of nitrogens with one attached hydrogen (secondary N) is 1. The molecule has 4 heteroatoms. The van der Waals surface area contributed by atoms with Crippen LogP contribution >= 0.6 is 0 Å². The van der Waals surface area contributed by atoms with Crippen LogP contribution in [0.4, 0.5) is 4.39 Å². The van der Waals surface area contributed by atoms with Crippen molar-refractivity contribution in [2.75, 3.05) is 0 Å². The zero-order chi connectivity index (χ0) is 15.4. The van der Waals surface area contributed by atoms with Crippen LogP contribution in [-0.2, 0) is 13.1 Å². The quantitative estimate of drug-likeness (QED) is 0.874. The van der Waals surface area contributed by atoms with Gasteiger partial charge in [0.2, 0.25) is 0 Å². The maximum absolute atomic E-state index is 14.2. The molecule has 0 saturated carbocycles. The molecule has 1 aromatic heterocycles. The Hall–Kier alpha value is -1.68. The van der Waals surface area contributed by atoms with E-state index in [4.69, 9.17) is 0 Å². The highest BCUT2D eigenvalue weighted by molar-refractivity contribution is 5.66. The van der Waals surface area contributed by atoms with E-state index in [1.165, 1.54) is 0 Å². The summed E-state index contributed by atoms with van der Waals surface area (Å²) in [5.41, 5.74) is 3.48. The van der Waals surface area contributed by atoms with Gasteiger partial charge in [-0.15, -0.1) is 0 Å². The van der Waals surface area contributed by atoms with E-state index in [2.05, 4.69) is 31.2 Å². The molecule has 2 rings (SSSR count). The lowest BCUT2D eigenvalue weighted by molar-refractivity contribution is 0.586. The summed E-state index contributed by atoms with van der Waals surface area (Å²) in [4.78, 5) is 0. The van der Waals surface area contributed by atoms with Gasteiger partial charge in [0, 0.05) is 36.5 Å². The van der Waals surface area contributed by atoms with Gasteiger partial charge in [0.05, 0.1) is 5.69 Å². The fourth-order valence-corrected chi connectivity index (χ4v) is 2.34. The molecule has 21 heavy (non-hydrogen) atoms. The van der Waals surface area contributed by atoms with Gasteiger partial charge in [-0.25, -0.2) is 4.39 Å². The number of nitrogens with zero attached hydrogens (tertiary/aromatic N) is 2. The zero-order valence-electron chi connectivity index (χ0n) is 13.3. The van der Waals surface area contributed by atoms with Crippen LogP contribution < -0.4 is 5.32 Å². The fraction of sp³-hybridized carbons (Fsp3) is 0.471. The van der Waals surface area contributed by atoms with Crippen molar-refractivity contribution in [1.29, 1.82) is 0 Å². The van der Waals surface area contributed by atoms with Gasteiger partial charge in [0.25, 0.3) is 0 Å². The van der Waals surface area contributed by atoms with Crippen LogP contribution in [0.1, 0.15) is 38.4 Å². The van der Waals surface area contributed by atoms with Crippen LogP contribution in [0.15, 0.2) is 24.4 Å². The summed E-state index contributed by atoms with van der Waals surface area (Å²) in [6, 6.07) is 5.71. The summed E-state index contributed by atoms with van der Waals surface area (Å²) < 4.78 is 16.1. The predicted molar refractivity (Wildman–Crippen MR) is 84.6 cm³/mol. The molecule has 1 N–H and O–H groups in total. The Balaban J connectivity index is 2.31. The van der Waals surface area contributed by atoms with Crippen LogP contribution in [0.5, 0.6) is 0 Å². The summed E-state index contributed by atoms with van der Waals surface area (Å²) in [5.74, 6) is -0.192. The Kier molecular flexibility index (Phi) is 5.12. The highest BCUT2D eigenvalue weighted by Crippen LogP contribution is 2.26. The third-order valence-electron chi connectivity index (χ3n) is 3.43. The highest BCUT2D eigenvalue weighted by atomic mass is 19.1. The van der Waals surface area contributed by atoms with E-state index < -0.39 is 0 Å². The second kappa shape index (κ2) is 6.85. The van der Waals surface area contributed by atoms with Gasteiger partial charge in [-0.3, -0.25) is 4.68 Å². The molecule has 0 saturated heterocycles. The summed E-state index contributed by atoms with van der Waals surface area (Å²) in [6.45, 7) is 9.84. The number of aromatic nitrogens is 2. The Labute approximate surface area is 126 Å². The monoisotopic (exact) mass is 289 g/mol. The summed E-state index contributed by atoms with van der Waals surface area (Å²) in [5, 5.41) is 7.81. The van der Waals surface area contributed by atoms with Crippen molar-refractivity contribution < 1.29 is 4.39 Å². The molecule has 0 aliphatic carbocycles. The minimum Gasteiger partial charge on any atom is -0.310 e. The molecule has 0 fully saturated rings. The van der Waals surface area contributed by atoms with Gasteiger partial charge in [-0.1, -0.05) is 26.8 Å². The van der Waals surface area contributed by atoms with Crippen LogP contribution in [0.3, 0.4) is 0 Å².